The first-order chi connectivity index (χ1) is 13.0. The van der Waals surface area contributed by atoms with E-state index in [2.05, 4.69) is 23.7 Å². The van der Waals surface area contributed by atoms with E-state index in [1.54, 1.807) is 11.0 Å². The van der Waals surface area contributed by atoms with Crippen molar-refractivity contribution < 1.29 is 9.18 Å². The van der Waals surface area contributed by atoms with Crippen LogP contribution in [0, 0.1) is 5.82 Å². The van der Waals surface area contributed by atoms with E-state index in [4.69, 9.17) is 11.6 Å². The van der Waals surface area contributed by atoms with Crippen molar-refractivity contribution in [2.24, 2.45) is 0 Å². The van der Waals surface area contributed by atoms with E-state index in [9.17, 15) is 9.18 Å². The first kappa shape index (κ1) is 22.6. The average molecular weight is 442 g/mol. The summed E-state index contributed by atoms with van der Waals surface area (Å²) in [5.74, 6) is -0.564. The molecule has 2 aromatic carbocycles. The number of likely N-dealkylation sites (N-methyl/N-ethyl adjacent to an activating group) is 1. The van der Waals surface area contributed by atoms with Crippen LogP contribution in [0.25, 0.3) is 10.2 Å². The molecule has 150 valence electrons. The summed E-state index contributed by atoms with van der Waals surface area (Å²) in [6, 6.07) is 11.2. The molecule has 0 N–H and O–H groups in total. The minimum atomic E-state index is -0.368. The predicted molar refractivity (Wildman–Crippen MR) is 118 cm³/mol. The van der Waals surface area contributed by atoms with Gasteiger partial charge >= 0.3 is 0 Å². The van der Waals surface area contributed by atoms with Crippen molar-refractivity contribution in [1.82, 2.24) is 9.88 Å². The molecule has 3 rings (SSSR count). The Morgan fingerprint density at radius 3 is 2.39 bits per heavy atom. The lowest BCUT2D eigenvalue weighted by Gasteiger charge is -2.24. The summed E-state index contributed by atoms with van der Waals surface area (Å²) in [7, 11) is 0. The SMILES string of the molecule is CCN(CC)CCN(C(=O)c1ccc(F)cc1)c1nc2c(Cl)cccc2s1.Cl. The largest absolute Gasteiger partial charge is 0.302 e. The van der Waals surface area contributed by atoms with Gasteiger partial charge in [0.25, 0.3) is 5.91 Å². The summed E-state index contributed by atoms with van der Waals surface area (Å²) in [6.07, 6.45) is 0. The molecular formula is C20H22Cl2FN3OS. The Hall–Kier alpha value is -1.73. The molecule has 8 heteroatoms. The molecule has 0 atom stereocenters. The molecule has 0 fully saturated rings. The highest BCUT2D eigenvalue weighted by Gasteiger charge is 2.22. The topological polar surface area (TPSA) is 36.4 Å². The highest BCUT2D eigenvalue weighted by molar-refractivity contribution is 7.22. The van der Waals surface area contributed by atoms with E-state index in [0.717, 1.165) is 24.3 Å². The van der Waals surface area contributed by atoms with Crippen LogP contribution < -0.4 is 4.90 Å². The predicted octanol–water partition coefficient (Wildman–Crippen LogP) is 5.50. The van der Waals surface area contributed by atoms with Gasteiger partial charge in [-0.25, -0.2) is 9.37 Å². The fourth-order valence-electron chi connectivity index (χ4n) is 2.83. The van der Waals surface area contributed by atoms with Crippen molar-refractivity contribution in [2.45, 2.75) is 13.8 Å². The number of rotatable bonds is 7. The van der Waals surface area contributed by atoms with Crippen LogP contribution >= 0.6 is 35.3 Å². The first-order valence-corrected chi connectivity index (χ1v) is 10.1. The number of para-hydroxylation sites is 1. The van der Waals surface area contributed by atoms with Gasteiger partial charge in [-0.3, -0.25) is 9.69 Å². The Balaban J connectivity index is 0.00000280. The molecule has 0 aliphatic rings. The second-order valence-electron chi connectivity index (χ2n) is 6.07. The van der Waals surface area contributed by atoms with Crippen LogP contribution in [0.5, 0.6) is 0 Å². The van der Waals surface area contributed by atoms with Gasteiger partial charge in [-0.05, 0) is 49.5 Å². The smallest absolute Gasteiger partial charge is 0.260 e. The molecule has 0 unspecified atom stereocenters. The van der Waals surface area contributed by atoms with Gasteiger partial charge in [-0.1, -0.05) is 42.9 Å². The Morgan fingerprint density at radius 1 is 1.11 bits per heavy atom. The number of hydrogen-bond donors (Lipinski definition) is 0. The number of fused-ring (bicyclic) bond motifs is 1. The Bertz CT molecular complexity index is 929. The van der Waals surface area contributed by atoms with Crippen molar-refractivity contribution >= 4 is 56.6 Å². The van der Waals surface area contributed by atoms with Crippen LogP contribution in [0.4, 0.5) is 9.52 Å². The summed E-state index contributed by atoms with van der Waals surface area (Å²) in [5, 5.41) is 1.16. The van der Waals surface area contributed by atoms with Crippen LogP contribution in [0.2, 0.25) is 5.02 Å². The lowest BCUT2D eigenvalue weighted by atomic mass is 10.2. The van der Waals surface area contributed by atoms with Crippen molar-refractivity contribution in [3.05, 3.63) is 58.9 Å². The van der Waals surface area contributed by atoms with Crippen LogP contribution in [0.1, 0.15) is 24.2 Å². The molecule has 0 saturated carbocycles. The van der Waals surface area contributed by atoms with Crippen molar-refractivity contribution in [3.8, 4) is 0 Å². The molecule has 0 saturated heterocycles. The van der Waals surface area contributed by atoms with Gasteiger partial charge in [0.2, 0.25) is 0 Å². The number of aromatic nitrogens is 1. The summed E-state index contributed by atoms with van der Waals surface area (Å²) >= 11 is 7.68. The van der Waals surface area contributed by atoms with Crippen molar-refractivity contribution in [1.29, 1.82) is 0 Å². The molecule has 28 heavy (non-hydrogen) atoms. The molecule has 1 heterocycles. The maximum absolute atomic E-state index is 13.2. The number of amides is 1. The summed E-state index contributed by atoms with van der Waals surface area (Å²) in [5.41, 5.74) is 1.13. The lowest BCUT2D eigenvalue weighted by Crippen LogP contribution is -2.38. The zero-order valence-corrected chi connectivity index (χ0v) is 18.1. The Kier molecular flexibility index (Phi) is 8.19. The average Bonchev–Trinajstić information content (AvgIpc) is 3.11. The normalized spacial score (nSPS) is 10.9. The minimum Gasteiger partial charge on any atom is -0.302 e. The fourth-order valence-corrected chi connectivity index (χ4v) is 4.12. The van der Waals surface area contributed by atoms with Crippen LogP contribution in [-0.4, -0.2) is 42.0 Å². The Morgan fingerprint density at radius 2 is 1.79 bits per heavy atom. The lowest BCUT2D eigenvalue weighted by molar-refractivity contribution is 0.0983. The fraction of sp³-hybridized carbons (Fsp3) is 0.300. The van der Waals surface area contributed by atoms with E-state index in [0.29, 0.717) is 27.8 Å². The maximum Gasteiger partial charge on any atom is 0.260 e. The number of anilines is 1. The monoisotopic (exact) mass is 441 g/mol. The minimum absolute atomic E-state index is 0. The molecule has 1 amide bonds. The Labute approximate surface area is 179 Å². The summed E-state index contributed by atoms with van der Waals surface area (Å²) in [4.78, 5) is 21.6. The second-order valence-corrected chi connectivity index (χ2v) is 7.49. The quantitative estimate of drug-likeness (QED) is 0.485. The van der Waals surface area contributed by atoms with E-state index >= 15 is 0 Å². The second kappa shape index (κ2) is 10.2. The highest BCUT2D eigenvalue weighted by atomic mass is 35.5. The zero-order chi connectivity index (χ0) is 19.4. The van der Waals surface area contributed by atoms with Crippen molar-refractivity contribution in [3.63, 3.8) is 0 Å². The van der Waals surface area contributed by atoms with E-state index < -0.39 is 0 Å². The van der Waals surface area contributed by atoms with Crippen molar-refractivity contribution in [2.75, 3.05) is 31.1 Å². The van der Waals surface area contributed by atoms with E-state index in [-0.39, 0.29) is 24.1 Å². The van der Waals surface area contributed by atoms with Gasteiger partial charge in [-0.15, -0.1) is 12.4 Å². The first-order valence-electron chi connectivity index (χ1n) is 8.88. The number of thiazole rings is 1. The molecule has 4 nitrogen and oxygen atoms in total. The third-order valence-corrected chi connectivity index (χ3v) is 5.81. The molecule has 0 radical (unpaired) electrons. The van der Waals surface area contributed by atoms with Gasteiger partial charge in [0.1, 0.15) is 11.3 Å². The standard InChI is InChI=1S/C20H21ClFN3OS.ClH/c1-3-24(4-2)12-13-25(19(26)14-8-10-15(22)11-9-14)20-23-18-16(21)6-5-7-17(18)27-20;/h5-11H,3-4,12-13H2,1-2H3;1H. The van der Waals surface area contributed by atoms with Gasteiger partial charge in [0.05, 0.1) is 9.72 Å². The summed E-state index contributed by atoms with van der Waals surface area (Å²) < 4.78 is 14.2. The number of nitrogens with zero attached hydrogens (tertiary/aromatic N) is 3. The molecule has 3 aromatic rings. The van der Waals surface area contributed by atoms with Gasteiger partial charge in [0.15, 0.2) is 5.13 Å². The molecule has 0 bridgehead atoms. The molecule has 0 spiro atoms. The number of hydrogen-bond acceptors (Lipinski definition) is 4. The van der Waals surface area contributed by atoms with Gasteiger partial charge < -0.3 is 4.90 Å². The molecule has 0 aliphatic carbocycles. The third-order valence-electron chi connectivity index (χ3n) is 4.46. The van der Waals surface area contributed by atoms with Gasteiger partial charge in [0, 0.05) is 18.7 Å². The number of carbonyl (C=O) groups is 1. The molecule has 0 aliphatic heterocycles. The molecule has 1 aromatic heterocycles. The third kappa shape index (κ3) is 5.00. The van der Waals surface area contributed by atoms with Crippen LogP contribution in [0.15, 0.2) is 42.5 Å². The van der Waals surface area contributed by atoms with Crippen LogP contribution in [-0.2, 0) is 0 Å². The molecular weight excluding hydrogens is 420 g/mol. The van der Waals surface area contributed by atoms with E-state index in [1.165, 1.54) is 35.6 Å². The van der Waals surface area contributed by atoms with Crippen LogP contribution in [0.3, 0.4) is 0 Å². The number of benzene rings is 2. The summed E-state index contributed by atoms with van der Waals surface area (Å²) in [6.45, 7) is 7.21. The highest BCUT2D eigenvalue weighted by Crippen LogP contribution is 2.33. The van der Waals surface area contributed by atoms with E-state index in [1.807, 2.05) is 12.1 Å². The number of carbonyl (C=O) groups excluding carboxylic acids is 1. The number of halogens is 3. The maximum atomic E-state index is 13.2. The zero-order valence-electron chi connectivity index (χ0n) is 15.7. The van der Waals surface area contributed by atoms with Gasteiger partial charge in [-0.2, -0.15) is 0 Å².